The van der Waals surface area contributed by atoms with Gasteiger partial charge in [-0.3, -0.25) is 4.79 Å². The van der Waals surface area contributed by atoms with Gasteiger partial charge in [-0.2, -0.15) is 0 Å². The summed E-state index contributed by atoms with van der Waals surface area (Å²) < 4.78 is 8.12. The molecule has 2 rings (SSSR count). The number of carbonyl (C=O) groups is 1. The molecule has 1 aromatic heterocycles. The zero-order chi connectivity index (χ0) is 16.1. The number of ether oxygens (including phenoxy) is 1. The molecular weight excluding hydrogens is 344 g/mol. The minimum absolute atomic E-state index is 0.0347. The van der Waals surface area contributed by atoms with Gasteiger partial charge in [0.25, 0.3) is 5.91 Å². The van der Waals surface area contributed by atoms with Crippen molar-refractivity contribution in [2.24, 2.45) is 0 Å². The molecule has 0 aliphatic heterocycles. The number of aromatic nitrogens is 1. The Bertz CT molecular complexity index is 647. The molecule has 22 heavy (non-hydrogen) atoms. The zero-order valence-electron chi connectivity index (χ0n) is 13.1. The fraction of sp³-hybridized carbons (Fsp3) is 0.353. The predicted molar refractivity (Wildman–Crippen MR) is 91.8 cm³/mol. The SMILES string of the molecule is COCCCNC(=O)c1cc(C)n(-c2ccc(Br)cc2)c1C. The van der Waals surface area contributed by atoms with Gasteiger partial charge < -0.3 is 14.6 Å². The minimum Gasteiger partial charge on any atom is -0.385 e. The van der Waals surface area contributed by atoms with E-state index in [0.717, 1.165) is 33.5 Å². The van der Waals surface area contributed by atoms with Crippen molar-refractivity contribution in [1.82, 2.24) is 9.88 Å². The molecule has 0 saturated heterocycles. The summed E-state index contributed by atoms with van der Waals surface area (Å²) in [6.45, 7) is 5.25. The molecule has 0 radical (unpaired) electrons. The van der Waals surface area contributed by atoms with Crippen LogP contribution in [0.1, 0.15) is 28.2 Å². The first-order valence-corrected chi connectivity index (χ1v) is 8.06. The molecule has 4 nitrogen and oxygen atoms in total. The number of hydrogen-bond acceptors (Lipinski definition) is 2. The van der Waals surface area contributed by atoms with E-state index in [-0.39, 0.29) is 5.91 Å². The molecule has 118 valence electrons. The normalized spacial score (nSPS) is 10.7. The van der Waals surface area contributed by atoms with E-state index in [1.165, 1.54) is 0 Å². The molecule has 0 aliphatic carbocycles. The lowest BCUT2D eigenvalue weighted by Crippen LogP contribution is -2.25. The van der Waals surface area contributed by atoms with Crippen LogP contribution in [0.4, 0.5) is 0 Å². The summed E-state index contributed by atoms with van der Waals surface area (Å²) in [5.41, 5.74) is 3.76. The van der Waals surface area contributed by atoms with Crippen molar-refractivity contribution in [1.29, 1.82) is 0 Å². The number of hydrogen-bond donors (Lipinski definition) is 1. The molecule has 1 amide bonds. The lowest BCUT2D eigenvalue weighted by atomic mass is 10.2. The Morgan fingerprint density at radius 3 is 2.59 bits per heavy atom. The number of rotatable bonds is 6. The van der Waals surface area contributed by atoms with E-state index >= 15 is 0 Å². The zero-order valence-corrected chi connectivity index (χ0v) is 14.7. The van der Waals surface area contributed by atoms with Gasteiger partial charge in [-0.15, -0.1) is 0 Å². The van der Waals surface area contributed by atoms with E-state index in [4.69, 9.17) is 4.74 Å². The quantitative estimate of drug-likeness (QED) is 0.795. The van der Waals surface area contributed by atoms with Crippen LogP contribution in [0.3, 0.4) is 0 Å². The van der Waals surface area contributed by atoms with Crippen LogP contribution in [0.2, 0.25) is 0 Å². The van der Waals surface area contributed by atoms with E-state index in [0.29, 0.717) is 13.2 Å². The Morgan fingerprint density at radius 1 is 1.27 bits per heavy atom. The Kier molecular flexibility index (Phi) is 5.80. The molecule has 5 heteroatoms. The fourth-order valence-corrected chi connectivity index (χ4v) is 2.76. The topological polar surface area (TPSA) is 43.3 Å². The third kappa shape index (κ3) is 3.78. The highest BCUT2D eigenvalue weighted by Gasteiger charge is 2.16. The van der Waals surface area contributed by atoms with Gasteiger partial charge in [-0.25, -0.2) is 0 Å². The number of nitrogens with one attached hydrogen (secondary N) is 1. The molecule has 0 unspecified atom stereocenters. The summed E-state index contributed by atoms with van der Waals surface area (Å²) in [7, 11) is 1.66. The maximum atomic E-state index is 12.3. The minimum atomic E-state index is -0.0347. The first-order chi connectivity index (χ1) is 10.5. The maximum Gasteiger partial charge on any atom is 0.253 e. The van der Waals surface area contributed by atoms with Crippen LogP contribution < -0.4 is 5.32 Å². The van der Waals surface area contributed by atoms with Crippen LogP contribution >= 0.6 is 15.9 Å². The summed E-state index contributed by atoms with van der Waals surface area (Å²) in [6.07, 6.45) is 0.813. The molecule has 0 fully saturated rings. The average Bonchev–Trinajstić information content (AvgIpc) is 2.80. The van der Waals surface area contributed by atoms with E-state index in [9.17, 15) is 4.79 Å². The second-order valence-corrected chi connectivity index (χ2v) is 6.11. The van der Waals surface area contributed by atoms with Gasteiger partial charge in [0.05, 0.1) is 5.56 Å². The molecule has 0 spiro atoms. The van der Waals surface area contributed by atoms with Crippen LogP contribution in [0.15, 0.2) is 34.8 Å². The maximum absolute atomic E-state index is 12.3. The molecule has 1 aromatic carbocycles. The van der Waals surface area contributed by atoms with Crippen LogP contribution in [0.5, 0.6) is 0 Å². The van der Waals surface area contributed by atoms with Gasteiger partial charge >= 0.3 is 0 Å². The monoisotopic (exact) mass is 364 g/mol. The van der Waals surface area contributed by atoms with Gasteiger partial charge in [-0.1, -0.05) is 15.9 Å². The largest absolute Gasteiger partial charge is 0.385 e. The third-order valence-corrected chi connectivity index (χ3v) is 4.10. The second-order valence-electron chi connectivity index (χ2n) is 5.20. The molecule has 0 saturated carbocycles. The number of amides is 1. The predicted octanol–water partition coefficient (Wildman–Crippen LogP) is 3.62. The highest BCUT2D eigenvalue weighted by atomic mass is 79.9. The second kappa shape index (κ2) is 7.61. The molecule has 1 heterocycles. The van der Waals surface area contributed by atoms with Crippen molar-refractivity contribution < 1.29 is 9.53 Å². The van der Waals surface area contributed by atoms with Gasteiger partial charge in [-0.05, 0) is 50.6 Å². The Hall–Kier alpha value is -1.59. The first kappa shape index (κ1) is 16.8. The average molecular weight is 365 g/mol. The summed E-state index contributed by atoms with van der Waals surface area (Å²) in [5.74, 6) is -0.0347. The van der Waals surface area contributed by atoms with Gasteiger partial charge in [0, 0.05) is 41.8 Å². The lowest BCUT2D eigenvalue weighted by Gasteiger charge is -2.10. The van der Waals surface area contributed by atoms with Crippen molar-refractivity contribution in [2.45, 2.75) is 20.3 Å². The Morgan fingerprint density at radius 2 is 1.95 bits per heavy atom. The van der Waals surface area contributed by atoms with Crippen molar-refractivity contribution in [3.05, 3.63) is 51.8 Å². The number of benzene rings is 1. The van der Waals surface area contributed by atoms with Crippen molar-refractivity contribution in [3.8, 4) is 5.69 Å². The summed E-state index contributed by atoms with van der Waals surface area (Å²) in [6, 6.07) is 10.00. The number of halogens is 1. The van der Waals surface area contributed by atoms with Gasteiger partial charge in [0.1, 0.15) is 0 Å². The Labute approximate surface area is 139 Å². The van der Waals surface area contributed by atoms with E-state index in [1.807, 2.05) is 44.2 Å². The molecule has 0 bridgehead atoms. The van der Waals surface area contributed by atoms with Crippen molar-refractivity contribution in [3.63, 3.8) is 0 Å². The molecule has 0 aliphatic rings. The highest BCUT2D eigenvalue weighted by Crippen LogP contribution is 2.22. The van der Waals surface area contributed by atoms with Gasteiger partial charge in [0.15, 0.2) is 0 Å². The van der Waals surface area contributed by atoms with E-state index in [1.54, 1.807) is 7.11 Å². The fourth-order valence-electron chi connectivity index (χ4n) is 2.49. The Balaban J connectivity index is 2.19. The van der Waals surface area contributed by atoms with Crippen LogP contribution in [0, 0.1) is 13.8 Å². The summed E-state index contributed by atoms with van der Waals surface area (Å²) in [5, 5.41) is 2.94. The number of nitrogens with zero attached hydrogens (tertiary/aromatic N) is 1. The summed E-state index contributed by atoms with van der Waals surface area (Å²) in [4.78, 5) is 12.3. The standard InChI is InChI=1S/C17H21BrN2O2/c1-12-11-16(17(21)19-9-4-10-22-3)13(2)20(12)15-7-5-14(18)6-8-15/h5-8,11H,4,9-10H2,1-3H3,(H,19,21). The molecule has 2 aromatic rings. The highest BCUT2D eigenvalue weighted by molar-refractivity contribution is 9.10. The molecule has 1 N–H and O–H groups in total. The van der Waals surface area contributed by atoms with Crippen LogP contribution in [-0.4, -0.2) is 30.7 Å². The van der Waals surface area contributed by atoms with Crippen LogP contribution in [0.25, 0.3) is 5.69 Å². The summed E-state index contributed by atoms with van der Waals surface area (Å²) >= 11 is 3.44. The smallest absolute Gasteiger partial charge is 0.253 e. The van der Waals surface area contributed by atoms with E-state index < -0.39 is 0 Å². The number of aryl methyl sites for hydroxylation is 1. The number of carbonyl (C=O) groups excluding carboxylic acids is 1. The van der Waals surface area contributed by atoms with Crippen molar-refractivity contribution >= 4 is 21.8 Å². The lowest BCUT2D eigenvalue weighted by molar-refractivity contribution is 0.0948. The molecular formula is C17H21BrN2O2. The number of methoxy groups -OCH3 is 1. The van der Waals surface area contributed by atoms with Gasteiger partial charge in [0.2, 0.25) is 0 Å². The molecule has 0 atom stereocenters. The van der Waals surface area contributed by atoms with Crippen LogP contribution in [-0.2, 0) is 4.74 Å². The first-order valence-electron chi connectivity index (χ1n) is 7.26. The van der Waals surface area contributed by atoms with Crippen molar-refractivity contribution in [2.75, 3.05) is 20.3 Å². The third-order valence-electron chi connectivity index (χ3n) is 3.57. The van der Waals surface area contributed by atoms with E-state index in [2.05, 4.69) is 25.8 Å².